The standard InChI is InChI=1S/C20H15F2N5O3/c1-26-8-14(28)27(20(26)30)18-16(9-2-4-10(21)5-3-9)23-13-7-11(22)6-12-15(13)17(18)24-25-19(12)29/h2-7,16,18,23H,8H2,1H3,(H,25,29)/t16-,18-/m1/s1. The minimum atomic E-state index is -0.933. The number of urea groups is 1. The normalized spacial score (nSPS) is 20.8. The lowest BCUT2D eigenvalue weighted by Gasteiger charge is -2.38. The van der Waals surface area contributed by atoms with E-state index in [9.17, 15) is 23.2 Å². The Morgan fingerprint density at radius 2 is 1.80 bits per heavy atom. The molecule has 1 saturated heterocycles. The lowest BCUT2D eigenvalue weighted by atomic mass is 9.88. The van der Waals surface area contributed by atoms with Gasteiger partial charge in [0.2, 0.25) is 0 Å². The molecule has 0 spiro atoms. The number of H-pyrrole nitrogens is 1. The van der Waals surface area contributed by atoms with E-state index in [2.05, 4.69) is 15.5 Å². The molecule has 2 aliphatic rings. The van der Waals surface area contributed by atoms with Crippen molar-refractivity contribution in [2.24, 2.45) is 0 Å². The van der Waals surface area contributed by atoms with Gasteiger partial charge in [0.15, 0.2) is 0 Å². The van der Waals surface area contributed by atoms with Crippen LogP contribution in [0.15, 0.2) is 41.2 Å². The monoisotopic (exact) mass is 411 g/mol. The number of hydrogen-bond donors (Lipinski definition) is 2. The Bertz CT molecular complexity index is 1270. The van der Waals surface area contributed by atoms with Crippen LogP contribution in [0.4, 0.5) is 19.3 Å². The van der Waals surface area contributed by atoms with Gasteiger partial charge < -0.3 is 10.2 Å². The maximum Gasteiger partial charge on any atom is 0.327 e. The lowest BCUT2D eigenvalue weighted by molar-refractivity contribution is -0.127. The van der Waals surface area contributed by atoms with Crippen molar-refractivity contribution in [1.29, 1.82) is 0 Å². The van der Waals surface area contributed by atoms with E-state index in [1.807, 2.05) is 0 Å². The van der Waals surface area contributed by atoms with E-state index in [1.165, 1.54) is 42.3 Å². The molecule has 0 saturated carbocycles. The van der Waals surface area contributed by atoms with Crippen LogP contribution in [0.3, 0.4) is 0 Å². The highest BCUT2D eigenvalue weighted by Gasteiger charge is 2.46. The van der Waals surface area contributed by atoms with Gasteiger partial charge in [-0.1, -0.05) is 12.1 Å². The number of aromatic nitrogens is 2. The summed E-state index contributed by atoms with van der Waals surface area (Å²) in [5.41, 5.74) is 0.528. The summed E-state index contributed by atoms with van der Waals surface area (Å²) >= 11 is 0. The van der Waals surface area contributed by atoms with Gasteiger partial charge in [-0.15, -0.1) is 0 Å². The second-order valence-electron chi connectivity index (χ2n) is 7.33. The zero-order valence-electron chi connectivity index (χ0n) is 15.6. The number of hydrogen-bond acceptors (Lipinski definition) is 5. The largest absolute Gasteiger partial charge is 0.375 e. The molecule has 0 bridgehead atoms. The number of halogens is 2. The summed E-state index contributed by atoms with van der Waals surface area (Å²) in [7, 11) is 1.50. The predicted octanol–water partition coefficient (Wildman–Crippen LogP) is 2.30. The van der Waals surface area contributed by atoms with Crippen LogP contribution in [0, 0.1) is 11.6 Å². The smallest absolute Gasteiger partial charge is 0.327 e. The zero-order chi connectivity index (χ0) is 21.2. The topological polar surface area (TPSA) is 98.4 Å². The van der Waals surface area contributed by atoms with Crippen molar-refractivity contribution in [2.45, 2.75) is 12.1 Å². The van der Waals surface area contributed by atoms with Crippen molar-refractivity contribution in [2.75, 3.05) is 18.9 Å². The molecule has 2 aliphatic heterocycles. The van der Waals surface area contributed by atoms with Crippen molar-refractivity contribution in [3.05, 3.63) is 69.6 Å². The molecule has 152 valence electrons. The Kier molecular flexibility index (Phi) is 3.85. The average molecular weight is 411 g/mol. The number of benzene rings is 2. The molecule has 10 heteroatoms. The quantitative estimate of drug-likeness (QED) is 0.631. The van der Waals surface area contributed by atoms with Gasteiger partial charge >= 0.3 is 6.03 Å². The lowest BCUT2D eigenvalue weighted by Crippen LogP contribution is -2.43. The van der Waals surface area contributed by atoms with E-state index in [4.69, 9.17) is 0 Å². The van der Waals surface area contributed by atoms with E-state index in [1.54, 1.807) is 0 Å². The zero-order valence-corrected chi connectivity index (χ0v) is 15.6. The molecule has 8 nitrogen and oxygen atoms in total. The minimum absolute atomic E-state index is 0.0532. The summed E-state index contributed by atoms with van der Waals surface area (Å²) in [6.45, 7) is -0.103. The molecule has 2 N–H and O–H groups in total. The number of nitrogens with one attached hydrogen (secondary N) is 2. The number of amides is 3. The van der Waals surface area contributed by atoms with Gasteiger partial charge in [-0.2, -0.15) is 5.10 Å². The summed E-state index contributed by atoms with van der Waals surface area (Å²) in [6.07, 6.45) is 0. The number of carbonyl (C=O) groups is 2. The fourth-order valence-electron chi connectivity index (χ4n) is 4.14. The average Bonchev–Trinajstić information content (AvgIpc) is 2.96. The molecule has 2 atom stereocenters. The van der Waals surface area contributed by atoms with Gasteiger partial charge in [0, 0.05) is 18.1 Å². The van der Waals surface area contributed by atoms with Gasteiger partial charge in [0.25, 0.3) is 11.5 Å². The van der Waals surface area contributed by atoms with Crippen LogP contribution >= 0.6 is 0 Å². The van der Waals surface area contributed by atoms with Crippen molar-refractivity contribution >= 4 is 28.4 Å². The molecule has 0 unspecified atom stereocenters. The highest BCUT2D eigenvalue weighted by Crippen LogP contribution is 2.46. The van der Waals surface area contributed by atoms with Gasteiger partial charge in [0.1, 0.15) is 24.2 Å². The Labute approximate surface area is 168 Å². The van der Waals surface area contributed by atoms with E-state index in [0.29, 0.717) is 16.6 Å². The molecule has 1 aromatic heterocycles. The number of nitrogens with zero attached hydrogens (tertiary/aromatic N) is 3. The van der Waals surface area contributed by atoms with Gasteiger partial charge in [-0.25, -0.2) is 18.7 Å². The second-order valence-corrected chi connectivity index (χ2v) is 7.33. The summed E-state index contributed by atoms with van der Waals surface area (Å²) in [6, 6.07) is 5.66. The van der Waals surface area contributed by atoms with Crippen LogP contribution in [0.25, 0.3) is 10.8 Å². The molecule has 3 heterocycles. The van der Waals surface area contributed by atoms with Gasteiger partial charge in [0.05, 0.1) is 17.1 Å². The highest BCUT2D eigenvalue weighted by molar-refractivity contribution is 6.04. The Morgan fingerprint density at radius 1 is 1.07 bits per heavy atom. The number of rotatable bonds is 2. The highest BCUT2D eigenvalue weighted by atomic mass is 19.1. The third kappa shape index (κ3) is 2.56. The summed E-state index contributed by atoms with van der Waals surface area (Å²) in [4.78, 5) is 40.1. The fraction of sp³-hybridized carbons (Fsp3) is 0.200. The van der Waals surface area contributed by atoms with Crippen molar-refractivity contribution in [3.8, 4) is 0 Å². The predicted molar refractivity (Wildman–Crippen MR) is 103 cm³/mol. The van der Waals surface area contributed by atoms with Crippen molar-refractivity contribution in [3.63, 3.8) is 0 Å². The number of imide groups is 1. The van der Waals surface area contributed by atoms with E-state index in [-0.39, 0.29) is 17.6 Å². The third-order valence-corrected chi connectivity index (χ3v) is 5.47. The number of aromatic amines is 1. The maximum absolute atomic E-state index is 14.2. The van der Waals surface area contributed by atoms with Crippen LogP contribution in [-0.2, 0) is 4.79 Å². The van der Waals surface area contributed by atoms with E-state index in [0.717, 1.165) is 11.0 Å². The van der Waals surface area contributed by atoms with Crippen LogP contribution in [-0.4, -0.2) is 45.5 Å². The van der Waals surface area contributed by atoms with E-state index >= 15 is 0 Å². The first-order valence-corrected chi connectivity index (χ1v) is 9.16. The Hall–Kier alpha value is -3.82. The molecular formula is C20H15F2N5O3. The number of likely N-dealkylation sites (N-methyl/N-ethyl adjacent to an activating group) is 1. The second kappa shape index (κ2) is 6.34. The maximum atomic E-state index is 14.2. The molecule has 1 fully saturated rings. The van der Waals surface area contributed by atoms with Gasteiger partial charge in [-0.05, 0) is 29.8 Å². The van der Waals surface area contributed by atoms with E-state index < -0.39 is 41.2 Å². The molecule has 2 aromatic carbocycles. The molecule has 3 amide bonds. The minimum Gasteiger partial charge on any atom is -0.375 e. The number of carbonyl (C=O) groups excluding carboxylic acids is 2. The Morgan fingerprint density at radius 3 is 2.47 bits per heavy atom. The number of anilines is 1. The Balaban J connectivity index is 1.79. The molecule has 30 heavy (non-hydrogen) atoms. The van der Waals surface area contributed by atoms with Crippen LogP contribution in [0.1, 0.15) is 23.3 Å². The summed E-state index contributed by atoms with van der Waals surface area (Å²) < 4.78 is 27.7. The molecule has 0 radical (unpaired) electrons. The molecular weight excluding hydrogens is 396 g/mol. The first-order chi connectivity index (χ1) is 14.3. The first kappa shape index (κ1) is 18.2. The summed E-state index contributed by atoms with van der Waals surface area (Å²) in [5.74, 6) is -1.51. The first-order valence-electron chi connectivity index (χ1n) is 9.16. The van der Waals surface area contributed by atoms with Crippen LogP contribution in [0.5, 0.6) is 0 Å². The molecule has 3 aromatic rings. The van der Waals surface area contributed by atoms with Crippen LogP contribution in [0.2, 0.25) is 0 Å². The van der Waals surface area contributed by atoms with Crippen molar-refractivity contribution < 1.29 is 18.4 Å². The van der Waals surface area contributed by atoms with Gasteiger partial charge in [-0.3, -0.25) is 14.5 Å². The fourth-order valence-corrected chi connectivity index (χ4v) is 4.14. The molecule has 0 aliphatic carbocycles. The SMILES string of the molecule is CN1CC(=O)N([C@H]2c3n[nH]c(=O)c4cc(F)cc(c34)N[C@@H]2c2ccc(F)cc2)C1=O. The van der Waals surface area contributed by atoms with Crippen LogP contribution < -0.4 is 10.9 Å². The summed E-state index contributed by atoms with van der Waals surface area (Å²) in [5, 5.41) is 9.99. The molecule has 5 rings (SSSR count). The third-order valence-electron chi connectivity index (χ3n) is 5.47. The van der Waals surface area contributed by atoms with Crippen molar-refractivity contribution in [1.82, 2.24) is 20.0 Å².